The van der Waals surface area contributed by atoms with Crippen LogP contribution in [0.4, 0.5) is 0 Å². The largest absolute Gasteiger partial charge is 0.396 e. The Bertz CT molecular complexity index is 831. The van der Waals surface area contributed by atoms with Gasteiger partial charge in [-0.25, -0.2) is 4.58 Å². The van der Waals surface area contributed by atoms with Crippen molar-refractivity contribution in [1.82, 2.24) is 15.1 Å². The van der Waals surface area contributed by atoms with Gasteiger partial charge in [0.1, 0.15) is 11.5 Å². The molecule has 0 radical (unpaired) electrons. The molecular formula is C26H45N6O+. The molecule has 3 heterocycles. The monoisotopic (exact) mass is 457 g/mol. The lowest BCUT2D eigenvalue weighted by Gasteiger charge is -2.33. The highest BCUT2D eigenvalue weighted by atomic mass is 16.3. The van der Waals surface area contributed by atoms with Gasteiger partial charge in [0.2, 0.25) is 0 Å². The Labute approximate surface area is 200 Å². The van der Waals surface area contributed by atoms with Crippen LogP contribution in [0.5, 0.6) is 0 Å². The Kier molecular flexibility index (Phi) is 7.92. The van der Waals surface area contributed by atoms with Gasteiger partial charge >= 0.3 is 0 Å². The van der Waals surface area contributed by atoms with E-state index < -0.39 is 0 Å². The van der Waals surface area contributed by atoms with Gasteiger partial charge < -0.3 is 15.7 Å². The van der Waals surface area contributed by atoms with E-state index in [2.05, 4.69) is 59.8 Å². The number of amidine groups is 2. The first-order chi connectivity index (χ1) is 15.9. The number of fused-ring (bicyclic) bond motifs is 1. The number of nitrogens with zero attached hydrogens (tertiary/aromatic N) is 4. The quantitative estimate of drug-likeness (QED) is 0.564. The highest BCUT2D eigenvalue weighted by Gasteiger charge is 2.44. The van der Waals surface area contributed by atoms with Crippen LogP contribution in [0.15, 0.2) is 28.4 Å². The Morgan fingerprint density at radius 2 is 2.06 bits per heavy atom. The fourth-order valence-corrected chi connectivity index (χ4v) is 6.14. The molecule has 0 aromatic heterocycles. The Hall–Kier alpha value is -1.70. The van der Waals surface area contributed by atoms with E-state index in [4.69, 9.17) is 10.7 Å². The second kappa shape index (κ2) is 10.7. The number of hydrogen-bond acceptors (Lipinski definition) is 6. The van der Waals surface area contributed by atoms with Crippen LogP contribution in [0.1, 0.15) is 58.8 Å². The van der Waals surface area contributed by atoms with Gasteiger partial charge in [-0.15, -0.1) is 0 Å². The minimum Gasteiger partial charge on any atom is -0.396 e. The summed E-state index contributed by atoms with van der Waals surface area (Å²) in [4.78, 5) is 10.2. The normalized spacial score (nSPS) is 33.9. The lowest BCUT2D eigenvalue weighted by molar-refractivity contribution is -0.442. The molecule has 0 aromatic rings. The maximum atomic E-state index is 9.39. The van der Waals surface area contributed by atoms with Crippen LogP contribution in [-0.2, 0) is 0 Å². The van der Waals surface area contributed by atoms with E-state index in [1.165, 1.54) is 35.8 Å². The van der Waals surface area contributed by atoms with Crippen LogP contribution in [0.3, 0.4) is 0 Å². The maximum absolute atomic E-state index is 9.39. The van der Waals surface area contributed by atoms with Gasteiger partial charge in [0.15, 0.2) is 12.1 Å². The van der Waals surface area contributed by atoms with E-state index in [0.29, 0.717) is 24.5 Å². The van der Waals surface area contributed by atoms with Gasteiger partial charge in [0, 0.05) is 45.0 Å². The van der Waals surface area contributed by atoms with Crippen molar-refractivity contribution in [3.8, 4) is 0 Å². The number of nitrogens with two attached hydrogens (primary N) is 1. The molecule has 4 rings (SSSR count). The molecule has 3 aliphatic heterocycles. The third-order valence-electron chi connectivity index (χ3n) is 8.40. The Morgan fingerprint density at radius 1 is 1.24 bits per heavy atom. The molecule has 33 heavy (non-hydrogen) atoms. The molecule has 0 aromatic carbocycles. The first-order valence-corrected chi connectivity index (χ1v) is 13.1. The van der Waals surface area contributed by atoms with E-state index >= 15 is 0 Å². The van der Waals surface area contributed by atoms with Crippen LogP contribution in [0.25, 0.3) is 0 Å². The molecule has 1 saturated heterocycles. The number of aliphatic hydroxyl groups is 1. The van der Waals surface area contributed by atoms with Gasteiger partial charge in [-0.05, 0) is 58.1 Å². The topological polar surface area (TPSA) is 80.1 Å². The van der Waals surface area contributed by atoms with Crippen molar-refractivity contribution in [3.63, 3.8) is 0 Å². The number of likely N-dealkylation sites (N-methyl/N-ethyl adjacent to an activating group) is 1. The summed E-state index contributed by atoms with van der Waals surface area (Å²) in [6.45, 7) is 7.88. The maximum Gasteiger partial charge on any atom is 0.275 e. The zero-order valence-corrected chi connectivity index (χ0v) is 21.1. The molecular weight excluding hydrogens is 412 g/mol. The van der Waals surface area contributed by atoms with Crippen molar-refractivity contribution in [3.05, 3.63) is 23.4 Å². The molecule has 0 saturated carbocycles. The predicted molar refractivity (Wildman–Crippen MR) is 135 cm³/mol. The summed E-state index contributed by atoms with van der Waals surface area (Å²) in [5, 5.41) is 13.3. The highest BCUT2D eigenvalue weighted by molar-refractivity contribution is 5.90. The number of nitrogens with one attached hydrogen (secondary N) is 1. The van der Waals surface area contributed by atoms with Gasteiger partial charge in [0.25, 0.3) is 5.84 Å². The zero-order chi connectivity index (χ0) is 23.5. The first-order valence-electron chi connectivity index (χ1n) is 13.1. The molecule has 7 heteroatoms. The zero-order valence-electron chi connectivity index (χ0n) is 21.1. The van der Waals surface area contributed by atoms with Gasteiger partial charge in [0.05, 0.1) is 13.2 Å². The van der Waals surface area contributed by atoms with Crippen molar-refractivity contribution in [2.24, 2.45) is 22.6 Å². The molecule has 5 atom stereocenters. The number of likely N-dealkylation sites (tertiary alicyclic amines) is 1. The standard InChI is InChI=1S/C26H44N6O/c1-5-20-18(2)8-9-22-25(20)29-26(31(22)4)21-17-23(27)30(3)14-11-24(28-21)32-13-6-7-19(10-15-32)12-16-33/h8-9,19-21,23,25,33H,5-7,10-17,27H2,1-4H3/p+1. The van der Waals surface area contributed by atoms with Crippen LogP contribution in [-0.4, -0.2) is 89.7 Å². The van der Waals surface area contributed by atoms with Crippen LogP contribution in [0, 0.1) is 11.8 Å². The van der Waals surface area contributed by atoms with Gasteiger partial charge in [-0.3, -0.25) is 15.2 Å². The first kappa shape index (κ1) is 24.4. The second-order valence-corrected chi connectivity index (χ2v) is 10.5. The van der Waals surface area contributed by atoms with Crippen molar-refractivity contribution < 1.29 is 9.68 Å². The Balaban J connectivity index is 1.61. The van der Waals surface area contributed by atoms with Crippen LogP contribution >= 0.6 is 0 Å². The van der Waals surface area contributed by atoms with E-state index in [1.807, 2.05) is 0 Å². The number of rotatable bonds is 4. The van der Waals surface area contributed by atoms with Crippen LogP contribution < -0.4 is 11.1 Å². The van der Waals surface area contributed by atoms with E-state index in [-0.39, 0.29) is 12.2 Å². The molecule has 5 unspecified atom stereocenters. The molecule has 184 valence electrons. The number of aliphatic imine (C=N–C) groups is 1. The summed E-state index contributed by atoms with van der Waals surface area (Å²) in [6, 6.07) is 0.360. The fraction of sp³-hybridized carbons (Fsp3) is 0.769. The van der Waals surface area contributed by atoms with Gasteiger partial charge in [-0.1, -0.05) is 18.6 Å². The molecule has 0 bridgehead atoms. The van der Waals surface area contributed by atoms with E-state index in [9.17, 15) is 5.11 Å². The third kappa shape index (κ3) is 5.20. The smallest absolute Gasteiger partial charge is 0.275 e. The van der Waals surface area contributed by atoms with E-state index in [0.717, 1.165) is 51.7 Å². The average molecular weight is 458 g/mol. The summed E-state index contributed by atoms with van der Waals surface area (Å²) in [5.74, 6) is 3.59. The minimum atomic E-state index is -0.000455. The molecule has 7 nitrogen and oxygen atoms in total. The predicted octanol–water partition coefficient (Wildman–Crippen LogP) is 2.13. The third-order valence-corrected chi connectivity index (χ3v) is 8.40. The van der Waals surface area contributed by atoms with Crippen molar-refractivity contribution in [1.29, 1.82) is 0 Å². The van der Waals surface area contributed by atoms with E-state index in [1.54, 1.807) is 0 Å². The molecule has 4 N–H and O–H groups in total. The minimum absolute atomic E-state index is 0.000455. The fourth-order valence-electron chi connectivity index (χ4n) is 6.14. The molecule has 0 spiro atoms. The second-order valence-electron chi connectivity index (χ2n) is 10.5. The van der Waals surface area contributed by atoms with Crippen LogP contribution in [0.2, 0.25) is 0 Å². The summed E-state index contributed by atoms with van der Waals surface area (Å²) in [7, 11) is 4.33. The summed E-state index contributed by atoms with van der Waals surface area (Å²) in [5.41, 5.74) is 9.41. The molecule has 4 aliphatic rings. The Morgan fingerprint density at radius 3 is 2.82 bits per heavy atom. The van der Waals surface area contributed by atoms with Crippen molar-refractivity contribution in [2.75, 3.05) is 40.3 Å². The van der Waals surface area contributed by atoms with Crippen molar-refractivity contribution >= 4 is 11.7 Å². The molecule has 1 aliphatic carbocycles. The SMILES string of the molecule is CCC1C(C)=CC=C2C1NC(C1CC(N)N(C)CCC(N3CCCC(CCO)CC3)=N1)=[N+]2C. The summed E-state index contributed by atoms with van der Waals surface area (Å²) in [6.07, 6.45) is 11.9. The summed E-state index contributed by atoms with van der Waals surface area (Å²) >= 11 is 0. The van der Waals surface area contributed by atoms with Crippen molar-refractivity contribution in [2.45, 2.75) is 77.0 Å². The number of hydrogen-bond donors (Lipinski definition) is 3. The lowest BCUT2D eigenvalue weighted by atomic mass is 9.84. The molecule has 1 fully saturated rings. The highest BCUT2D eigenvalue weighted by Crippen LogP contribution is 2.32. The van der Waals surface area contributed by atoms with Gasteiger partial charge in [-0.2, -0.15) is 0 Å². The average Bonchev–Trinajstić information content (AvgIpc) is 2.96. The number of aliphatic hydroxyl groups excluding tert-OH is 1. The molecule has 0 amide bonds. The summed E-state index contributed by atoms with van der Waals surface area (Å²) < 4.78 is 2.34. The number of allylic oxidation sites excluding steroid dienone is 2. The lowest BCUT2D eigenvalue weighted by Crippen LogP contribution is -2.50.